The Morgan fingerprint density at radius 2 is 1.86 bits per heavy atom. The summed E-state index contributed by atoms with van der Waals surface area (Å²) in [5, 5.41) is 14.9. The van der Waals surface area contributed by atoms with Crippen molar-refractivity contribution >= 4 is 0 Å². The molecule has 3 heteroatoms. The molecule has 3 rings (SSSR count). The summed E-state index contributed by atoms with van der Waals surface area (Å²) in [6.07, 6.45) is 3.91. The van der Waals surface area contributed by atoms with Gasteiger partial charge in [0.2, 0.25) is 0 Å². The quantitative estimate of drug-likeness (QED) is 0.793. The summed E-state index contributed by atoms with van der Waals surface area (Å²) in [6.45, 7) is 2.11. The molecule has 0 fully saturated rings. The Labute approximate surface area is 124 Å². The Morgan fingerprint density at radius 1 is 1.05 bits per heavy atom. The van der Waals surface area contributed by atoms with E-state index in [1.54, 1.807) is 10.9 Å². The Kier molecular flexibility index (Phi) is 3.84. The molecule has 3 nitrogen and oxygen atoms in total. The summed E-state index contributed by atoms with van der Waals surface area (Å²) in [6, 6.07) is 17.9. The summed E-state index contributed by atoms with van der Waals surface area (Å²) in [5.74, 6) is 0. The van der Waals surface area contributed by atoms with E-state index >= 15 is 0 Å². The molecular formula is C18H18N2O. The van der Waals surface area contributed by atoms with E-state index < -0.39 is 6.10 Å². The SMILES string of the molecule is CCc1cccc(C(O)c2cnn(-c3ccccc3)c2)c1. The molecule has 1 atom stereocenters. The summed E-state index contributed by atoms with van der Waals surface area (Å²) < 4.78 is 1.78. The second kappa shape index (κ2) is 5.94. The van der Waals surface area contributed by atoms with Gasteiger partial charge in [0.15, 0.2) is 0 Å². The molecule has 0 aliphatic rings. The van der Waals surface area contributed by atoms with Gasteiger partial charge in [0.1, 0.15) is 6.10 Å². The van der Waals surface area contributed by atoms with Crippen LogP contribution in [0.2, 0.25) is 0 Å². The third kappa shape index (κ3) is 2.88. The number of aliphatic hydroxyl groups excluding tert-OH is 1. The van der Waals surface area contributed by atoms with Crippen LogP contribution in [0.15, 0.2) is 67.0 Å². The second-order valence-corrected chi connectivity index (χ2v) is 5.05. The third-order valence-corrected chi connectivity index (χ3v) is 3.61. The van der Waals surface area contributed by atoms with Crippen LogP contribution in [0.5, 0.6) is 0 Å². The molecule has 0 saturated carbocycles. The predicted molar refractivity (Wildman–Crippen MR) is 83.4 cm³/mol. The van der Waals surface area contributed by atoms with Gasteiger partial charge in [0, 0.05) is 11.8 Å². The van der Waals surface area contributed by atoms with Gasteiger partial charge in [0.05, 0.1) is 11.9 Å². The normalized spacial score (nSPS) is 12.3. The number of aryl methyl sites for hydroxylation is 1. The van der Waals surface area contributed by atoms with Crippen molar-refractivity contribution in [2.75, 3.05) is 0 Å². The fourth-order valence-corrected chi connectivity index (χ4v) is 2.38. The second-order valence-electron chi connectivity index (χ2n) is 5.05. The van der Waals surface area contributed by atoms with Crippen molar-refractivity contribution < 1.29 is 5.11 Å². The lowest BCUT2D eigenvalue weighted by Gasteiger charge is -2.10. The summed E-state index contributed by atoms with van der Waals surface area (Å²) in [7, 11) is 0. The standard InChI is InChI=1S/C18H18N2O/c1-2-14-7-6-8-15(11-14)18(21)16-12-19-20(13-16)17-9-4-3-5-10-17/h3-13,18,21H,2H2,1H3. The minimum atomic E-state index is -0.644. The average Bonchev–Trinajstić information content (AvgIpc) is 3.05. The molecule has 21 heavy (non-hydrogen) atoms. The zero-order valence-electron chi connectivity index (χ0n) is 12.0. The summed E-state index contributed by atoms with van der Waals surface area (Å²) in [5.41, 5.74) is 3.91. The monoisotopic (exact) mass is 278 g/mol. The van der Waals surface area contributed by atoms with Crippen LogP contribution >= 0.6 is 0 Å². The molecule has 1 aromatic heterocycles. The lowest BCUT2D eigenvalue weighted by Crippen LogP contribution is -1.99. The molecule has 1 heterocycles. The first-order valence-corrected chi connectivity index (χ1v) is 7.15. The summed E-state index contributed by atoms with van der Waals surface area (Å²) in [4.78, 5) is 0. The molecule has 2 aromatic carbocycles. The lowest BCUT2D eigenvalue weighted by atomic mass is 10.0. The topological polar surface area (TPSA) is 38.1 Å². The van der Waals surface area contributed by atoms with Gasteiger partial charge in [-0.05, 0) is 29.7 Å². The Hall–Kier alpha value is -2.39. The van der Waals surface area contributed by atoms with Gasteiger partial charge in [-0.2, -0.15) is 5.10 Å². The Morgan fingerprint density at radius 3 is 2.62 bits per heavy atom. The molecule has 0 radical (unpaired) electrons. The zero-order chi connectivity index (χ0) is 14.7. The molecule has 0 aliphatic carbocycles. The van der Waals surface area contributed by atoms with Crippen LogP contribution in [0.4, 0.5) is 0 Å². The van der Waals surface area contributed by atoms with Crippen LogP contribution in [0.25, 0.3) is 5.69 Å². The smallest absolute Gasteiger partial charge is 0.107 e. The van der Waals surface area contributed by atoms with Gasteiger partial charge < -0.3 is 5.11 Å². The first kappa shape index (κ1) is 13.6. The van der Waals surface area contributed by atoms with E-state index in [0.717, 1.165) is 23.2 Å². The van der Waals surface area contributed by atoms with E-state index in [2.05, 4.69) is 18.1 Å². The molecule has 0 amide bonds. The first-order chi connectivity index (χ1) is 10.3. The number of hydrogen-bond acceptors (Lipinski definition) is 2. The maximum absolute atomic E-state index is 10.5. The highest BCUT2D eigenvalue weighted by Crippen LogP contribution is 2.23. The number of aliphatic hydroxyl groups is 1. The van der Waals surface area contributed by atoms with Crippen molar-refractivity contribution in [1.29, 1.82) is 0 Å². The largest absolute Gasteiger partial charge is 0.384 e. The van der Waals surface area contributed by atoms with Gasteiger partial charge in [0.25, 0.3) is 0 Å². The van der Waals surface area contributed by atoms with Crippen molar-refractivity contribution in [1.82, 2.24) is 9.78 Å². The van der Waals surface area contributed by atoms with E-state index in [-0.39, 0.29) is 0 Å². The fourth-order valence-electron chi connectivity index (χ4n) is 2.38. The Bertz CT molecular complexity index is 719. The van der Waals surface area contributed by atoms with E-state index in [1.165, 1.54) is 5.56 Å². The molecule has 0 aliphatic heterocycles. The first-order valence-electron chi connectivity index (χ1n) is 7.15. The average molecular weight is 278 g/mol. The predicted octanol–water partition coefficient (Wildman–Crippen LogP) is 3.52. The van der Waals surface area contributed by atoms with Crippen LogP contribution < -0.4 is 0 Å². The lowest BCUT2D eigenvalue weighted by molar-refractivity contribution is 0.220. The number of benzene rings is 2. The minimum absolute atomic E-state index is 0.644. The van der Waals surface area contributed by atoms with Gasteiger partial charge in [-0.1, -0.05) is 49.4 Å². The van der Waals surface area contributed by atoms with Gasteiger partial charge in [-0.15, -0.1) is 0 Å². The van der Waals surface area contributed by atoms with E-state index in [1.807, 2.05) is 54.7 Å². The fraction of sp³-hybridized carbons (Fsp3) is 0.167. The number of hydrogen-bond donors (Lipinski definition) is 1. The van der Waals surface area contributed by atoms with Crippen molar-refractivity contribution in [3.05, 3.63) is 83.7 Å². The highest BCUT2D eigenvalue weighted by Gasteiger charge is 2.13. The molecule has 0 spiro atoms. The molecule has 3 aromatic rings. The molecule has 0 saturated heterocycles. The maximum atomic E-state index is 10.5. The molecule has 1 N–H and O–H groups in total. The third-order valence-electron chi connectivity index (χ3n) is 3.61. The highest BCUT2D eigenvalue weighted by atomic mass is 16.3. The van der Waals surface area contributed by atoms with E-state index in [0.29, 0.717) is 0 Å². The van der Waals surface area contributed by atoms with E-state index in [4.69, 9.17) is 0 Å². The molecule has 106 valence electrons. The number of rotatable bonds is 4. The van der Waals surface area contributed by atoms with Gasteiger partial charge >= 0.3 is 0 Å². The summed E-state index contributed by atoms with van der Waals surface area (Å²) >= 11 is 0. The Balaban J connectivity index is 1.88. The minimum Gasteiger partial charge on any atom is -0.384 e. The highest BCUT2D eigenvalue weighted by molar-refractivity contribution is 5.34. The van der Waals surface area contributed by atoms with Crippen molar-refractivity contribution in [3.63, 3.8) is 0 Å². The van der Waals surface area contributed by atoms with Crippen molar-refractivity contribution in [2.45, 2.75) is 19.4 Å². The van der Waals surface area contributed by atoms with Gasteiger partial charge in [-0.3, -0.25) is 0 Å². The van der Waals surface area contributed by atoms with Crippen LogP contribution in [0, 0.1) is 0 Å². The zero-order valence-corrected chi connectivity index (χ0v) is 12.0. The number of aromatic nitrogens is 2. The molecule has 0 bridgehead atoms. The number of nitrogens with zero attached hydrogens (tertiary/aromatic N) is 2. The van der Waals surface area contributed by atoms with Crippen LogP contribution in [-0.2, 0) is 6.42 Å². The van der Waals surface area contributed by atoms with Crippen LogP contribution in [0.3, 0.4) is 0 Å². The molecule has 1 unspecified atom stereocenters. The van der Waals surface area contributed by atoms with Crippen molar-refractivity contribution in [2.24, 2.45) is 0 Å². The van der Waals surface area contributed by atoms with Crippen LogP contribution in [-0.4, -0.2) is 14.9 Å². The number of para-hydroxylation sites is 1. The maximum Gasteiger partial charge on any atom is 0.107 e. The van der Waals surface area contributed by atoms with Crippen LogP contribution in [0.1, 0.15) is 29.7 Å². The van der Waals surface area contributed by atoms with Gasteiger partial charge in [-0.25, -0.2) is 4.68 Å². The van der Waals surface area contributed by atoms with Crippen molar-refractivity contribution in [3.8, 4) is 5.69 Å². The molecular weight excluding hydrogens is 260 g/mol. The van der Waals surface area contributed by atoms with E-state index in [9.17, 15) is 5.11 Å².